The summed E-state index contributed by atoms with van der Waals surface area (Å²) in [4.78, 5) is 22.8. The summed E-state index contributed by atoms with van der Waals surface area (Å²) < 4.78 is 38.0. The van der Waals surface area contributed by atoms with Crippen molar-refractivity contribution in [2.75, 3.05) is 26.4 Å². The van der Waals surface area contributed by atoms with E-state index >= 15 is 0 Å². The molecule has 8 rings (SSSR count). The van der Waals surface area contributed by atoms with Crippen LogP contribution in [0.25, 0.3) is 11.0 Å². The number of aromatic nitrogens is 2. The van der Waals surface area contributed by atoms with E-state index in [0.29, 0.717) is 31.2 Å². The molecule has 3 fully saturated rings. The number of piperidine rings is 2. The number of carbonyl (C=O) groups is 1. The van der Waals surface area contributed by atoms with Gasteiger partial charge in [0.15, 0.2) is 11.5 Å². The van der Waals surface area contributed by atoms with Crippen LogP contribution >= 0.6 is 11.6 Å². The number of halogens is 1. The van der Waals surface area contributed by atoms with Gasteiger partial charge >= 0.3 is 0 Å². The van der Waals surface area contributed by atoms with Gasteiger partial charge in [-0.05, 0) is 106 Å². The highest BCUT2D eigenvalue weighted by Gasteiger charge is 2.44. The van der Waals surface area contributed by atoms with E-state index in [9.17, 15) is 13.2 Å². The topological polar surface area (TPSA) is 120 Å². The molecule has 1 aromatic heterocycles. The summed E-state index contributed by atoms with van der Waals surface area (Å²) in [6.45, 7) is 4.43. The molecule has 4 aliphatic heterocycles. The number of imidazole rings is 1. The number of aryl methyl sites for hydroxylation is 1. The van der Waals surface area contributed by atoms with Crippen molar-refractivity contribution in [1.29, 1.82) is 0 Å². The van der Waals surface area contributed by atoms with Gasteiger partial charge in [0.1, 0.15) is 10.7 Å². The van der Waals surface area contributed by atoms with Gasteiger partial charge < -0.3 is 18.9 Å². The first kappa shape index (κ1) is 31.6. The van der Waals surface area contributed by atoms with Crippen molar-refractivity contribution in [2.24, 2.45) is 5.14 Å². The number of sulfonamides is 1. The number of ether oxygens (including phenoxy) is 2. The normalized spacial score (nSPS) is 23.6. The lowest BCUT2D eigenvalue weighted by Crippen LogP contribution is -2.49. The highest BCUT2D eigenvalue weighted by molar-refractivity contribution is 7.89. The molecule has 3 saturated heterocycles. The van der Waals surface area contributed by atoms with Crippen LogP contribution in [0.5, 0.6) is 11.5 Å². The van der Waals surface area contributed by atoms with E-state index in [0.717, 1.165) is 61.5 Å². The molecule has 4 aromatic rings. The zero-order valence-corrected chi connectivity index (χ0v) is 28.5. The smallest absolute Gasteiger partial charge is 0.253 e. The number of likely N-dealkylation sites (tertiary alicyclic amines) is 1. The van der Waals surface area contributed by atoms with E-state index in [-0.39, 0.29) is 33.6 Å². The minimum atomic E-state index is -4.06. The van der Waals surface area contributed by atoms with Crippen molar-refractivity contribution in [3.8, 4) is 11.5 Å². The van der Waals surface area contributed by atoms with Gasteiger partial charge in [0, 0.05) is 42.2 Å². The molecule has 2 unspecified atom stereocenters. The number of nitrogens with zero attached hydrogens (tertiary/aromatic N) is 4. The fraction of sp³-hybridized carbons (Fsp3) is 0.444. The van der Waals surface area contributed by atoms with Crippen LogP contribution in [-0.4, -0.2) is 72.2 Å². The minimum absolute atomic E-state index is 0.000955. The maximum absolute atomic E-state index is 13.6. The Morgan fingerprint density at radius 3 is 2.46 bits per heavy atom. The monoisotopic (exact) mass is 689 g/mol. The quantitative estimate of drug-likeness (QED) is 0.260. The average molecular weight is 690 g/mol. The Morgan fingerprint density at radius 2 is 1.71 bits per heavy atom. The summed E-state index contributed by atoms with van der Waals surface area (Å²) in [6.07, 6.45) is 7.20. The molecular weight excluding hydrogens is 650 g/mol. The van der Waals surface area contributed by atoms with Crippen LogP contribution in [0.4, 0.5) is 0 Å². The van der Waals surface area contributed by atoms with E-state index in [2.05, 4.69) is 52.8 Å². The Kier molecular flexibility index (Phi) is 7.94. The number of para-hydroxylation sites is 2. The molecule has 2 atom stereocenters. The van der Waals surface area contributed by atoms with Crippen LogP contribution in [0.1, 0.15) is 72.7 Å². The van der Waals surface area contributed by atoms with Crippen LogP contribution < -0.4 is 14.6 Å². The second-order valence-corrected chi connectivity index (χ2v) is 15.8. The number of hydrogen-bond acceptors (Lipinski definition) is 7. The van der Waals surface area contributed by atoms with Crippen LogP contribution in [-0.2, 0) is 15.4 Å². The van der Waals surface area contributed by atoms with Gasteiger partial charge in [-0.2, -0.15) is 0 Å². The number of carbonyl (C=O) groups excluding carboxylic acids is 1. The van der Waals surface area contributed by atoms with Crippen molar-refractivity contribution in [2.45, 2.75) is 80.3 Å². The Labute approximate surface area is 285 Å². The minimum Gasteiger partial charge on any atom is -0.454 e. The summed E-state index contributed by atoms with van der Waals surface area (Å²) in [6, 6.07) is 20.5. The number of fused-ring (bicyclic) bond motifs is 4. The Balaban J connectivity index is 1.01. The Morgan fingerprint density at radius 1 is 0.979 bits per heavy atom. The number of hydrogen-bond donors (Lipinski definition) is 1. The predicted octanol–water partition coefficient (Wildman–Crippen LogP) is 5.81. The molecule has 2 N–H and O–H groups in total. The second kappa shape index (κ2) is 12.0. The molecular formula is C36H40ClN5O5S. The SMILES string of the molecule is Cc1nc2ccccc2n1C1CC2CCC(C1)N2CCC1(c2ccc3c(c2)OCO3)CCN(C(=O)c2ccc(Cl)c(S(N)(=O)=O)c2)CC1. The highest BCUT2D eigenvalue weighted by atomic mass is 35.5. The van der Waals surface area contributed by atoms with Crippen molar-refractivity contribution >= 4 is 38.6 Å². The molecule has 1 amide bonds. The predicted molar refractivity (Wildman–Crippen MR) is 183 cm³/mol. The molecule has 0 saturated carbocycles. The van der Waals surface area contributed by atoms with Crippen LogP contribution in [0.2, 0.25) is 5.02 Å². The van der Waals surface area contributed by atoms with Gasteiger partial charge in [0.25, 0.3) is 5.91 Å². The second-order valence-electron chi connectivity index (χ2n) is 13.8. The van der Waals surface area contributed by atoms with Gasteiger partial charge in [-0.25, -0.2) is 18.5 Å². The fourth-order valence-corrected chi connectivity index (χ4v) is 9.95. The van der Waals surface area contributed by atoms with E-state index in [1.54, 1.807) is 6.07 Å². The largest absolute Gasteiger partial charge is 0.454 e. The summed E-state index contributed by atoms with van der Waals surface area (Å²) >= 11 is 6.09. The number of benzene rings is 3. The van der Waals surface area contributed by atoms with Crippen molar-refractivity contribution in [3.05, 3.63) is 82.6 Å². The van der Waals surface area contributed by atoms with E-state index < -0.39 is 10.0 Å². The van der Waals surface area contributed by atoms with Gasteiger partial charge in [-0.1, -0.05) is 29.8 Å². The molecule has 252 valence electrons. The number of rotatable bonds is 7. The molecule has 0 radical (unpaired) electrons. The molecule has 5 heterocycles. The number of nitrogens with two attached hydrogens (primary N) is 1. The number of primary sulfonamides is 1. The molecule has 2 bridgehead atoms. The maximum Gasteiger partial charge on any atom is 0.253 e. The van der Waals surface area contributed by atoms with Crippen molar-refractivity contribution in [3.63, 3.8) is 0 Å². The van der Waals surface area contributed by atoms with Gasteiger partial charge in [-0.3, -0.25) is 9.69 Å². The van der Waals surface area contributed by atoms with Gasteiger partial charge in [-0.15, -0.1) is 0 Å². The number of amides is 1. The van der Waals surface area contributed by atoms with Crippen LogP contribution in [0, 0.1) is 6.92 Å². The molecule has 12 heteroatoms. The molecule has 10 nitrogen and oxygen atoms in total. The van der Waals surface area contributed by atoms with Crippen LogP contribution in [0.3, 0.4) is 0 Å². The lowest BCUT2D eigenvalue weighted by molar-refractivity contribution is 0.0606. The lowest BCUT2D eigenvalue weighted by Gasteiger charge is -2.45. The van der Waals surface area contributed by atoms with Gasteiger partial charge in [0.2, 0.25) is 16.8 Å². The summed E-state index contributed by atoms with van der Waals surface area (Å²) in [5.41, 5.74) is 3.62. The third-order valence-electron chi connectivity index (χ3n) is 11.3. The van der Waals surface area contributed by atoms with E-state index in [4.69, 9.17) is 31.2 Å². The maximum atomic E-state index is 13.6. The van der Waals surface area contributed by atoms with E-state index in [1.165, 1.54) is 36.1 Å². The third-order valence-corrected chi connectivity index (χ3v) is 12.7. The van der Waals surface area contributed by atoms with Crippen molar-refractivity contribution < 1.29 is 22.7 Å². The average Bonchev–Trinajstić information content (AvgIpc) is 3.75. The Bertz CT molecular complexity index is 1990. The molecule has 0 spiro atoms. The molecule has 0 aliphatic carbocycles. The van der Waals surface area contributed by atoms with Crippen LogP contribution in [0.15, 0.2) is 65.6 Å². The zero-order chi connectivity index (χ0) is 33.2. The molecule has 48 heavy (non-hydrogen) atoms. The van der Waals surface area contributed by atoms with Crippen molar-refractivity contribution in [1.82, 2.24) is 19.4 Å². The Hall–Kier alpha value is -3.64. The first-order valence-electron chi connectivity index (χ1n) is 16.8. The third kappa shape index (κ3) is 5.54. The summed E-state index contributed by atoms with van der Waals surface area (Å²) in [7, 11) is -4.06. The van der Waals surface area contributed by atoms with E-state index in [1.807, 2.05) is 11.0 Å². The highest BCUT2D eigenvalue weighted by Crippen LogP contribution is 2.47. The first-order chi connectivity index (χ1) is 23.1. The fourth-order valence-electron chi connectivity index (χ4n) is 8.87. The molecule has 3 aromatic carbocycles. The standard InChI is InChI=1S/C36H40ClN5O5S/c1-23-39-30-4-2-3-5-31(30)42(23)28-20-26-8-9-27(21-28)41(26)17-14-36(25-7-11-32-33(19-25)47-22-46-32)12-15-40(16-13-36)35(43)24-6-10-29(37)34(18-24)48(38,44)45/h2-7,10-11,18-19,26-28H,8-9,12-17,20-22H2,1H3,(H2,38,44,45). The lowest BCUT2D eigenvalue weighted by atomic mass is 9.70. The first-order valence-corrected chi connectivity index (χ1v) is 18.7. The molecule has 4 aliphatic rings. The summed E-state index contributed by atoms with van der Waals surface area (Å²) in [5, 5.41) is 5.36. The van der Waals surface area contributed by atoms with Gasteiger partial charge in [0.05, 0.1) is 16.1 Å². The summed E-state index contributed by atoms with van der Waals surface area (Å²) in [5.74, 6) is 2.40. The zero-order valence-electron chi connectivity index (χ0n) is 27.0.